The van der Waals surface area contributed by atoms with Crippen LogP contribution in [0.5, 0.6) is 11.5 Å². The highest BCUT2D eigenvalue weighted by Crippen LogP contribution is 2.34. The third-order valence-corrected chi connectivity index (χ3v) is 5.69. The Morgan fingerprint density at radius 1 is 1.10 bits per heavy atom. The minimum absolute atomic E-state index is 0.123. The summed E-state index contributed by atoms with van der Waals surface area (Å²) in [5.74, 6) is 1.75. The highest BCUT2D eigenvalue weighted by atomic mass is 16.7. The summed E-state index contributed by atoms with van der Waals surface area (Å²) in [5.41, 5.74) is 3.99. The fourth-order valence-electron chi connectivity index (χ4n) is 4.18. The third kappa shape index (κ3) is 3.70. The van der Waals surface area contributed by atoms with Crippen LogP contribution in [0.2, 0.25) is 0 Å². The van der Waals surface area contributed by atoms with E-state index in [1.165, 1.54) is 0 Å². The molecule has 2 aliphatic rings. The number of benzene rings is 1. The molecule has 2 aliphatic heterocycles. The first-order chi connectivity index (χ1) is 14.8. The molecule has 0 radical (unpaired) electrons. The van der Waals surface area contributed by atoms with Gasteiger partial charge in [-0.3, -0.25) is 9.78 Å². The Bertz CT molecular complexity index is 1060. The molecule has 1 amide bonds. The van der Waals surface area contributed by atoms with Crippen molar-refractivity contribution in [3.05, 3.63) is 66.5 Å². The maximum absolute atomic E-state index is 13.0. The average Bonchev–Trinajstić information content (AvgIpc) is 3.28. The molecule has 0 aliphatic carbocycles. The predicted molar refractivity (Wildman–Crippen MR) is 110 cm³/mol. The van der Waals surface area contributed by atoms with Crippen LogP contribution in [-0.2, 0) is 11.2 Å². The Morgan fingerprint density at radius 3 is 2.87 bits per heavy atom. The second kappa shape index (κ2) is 8.10. The van der Waals surface area contributed by atoms with Gasteiger partial charge in [-0.25, -0.2) is 9.97 Å². The number of pyridine rings is 1. The molecular formula is C23H22N4O3. The lowest BCUT2D eigenvalue weighted by molar-refractivity contribution is -0.131. The number of aromatic nitrogens is 3. The van der Waals surface area contributed by atoms with Gasteiger partial charge in [-0.1, -0.05) is 6.07 Å². The molecule has 2 aromatic heterocycles. The van der Waals surface area contributed by atoms with Crippen molar-refractivity contribution in [2.45, 2.75) is 25.2 Å². The predicted octanol–water partition coefficient (Wildman–Crippen LogP) is 3.22. The smallest absolute Gasteiger partial charge is 0.231 e. The minimum Gasteiger partial charge on any atom is -0.454 e. The molecular weight excluding hydrogens is 380 g/mol. The average molecular weight is 402 g/mol. The van der Waals surface area contributed by atoms with Gasteiger partial charge >= 0.3 is 0 Å². The monoisotopic (exact) mass is 402 g/mol. The highest BCUT2D eigenvalue weighted by Gasteiger charge is 2.28. The summed E-state index contributed by atoms with van der Waals surface area (Å²) < 4.78 is 10.8. The van der Waals surface area contributed by atoms with E-state index in [0.29, 0.717) is 18.7 Å². The second-order valence-corrected chi connectivity index (χ2v) is 7.60. The molecule has 7 heteroatoms. The summed E-state index contributed by atoms with van der Waals surface area (Å²) in [6.45, 7) is 1.67. The Morgan fingerprint density at radius 2 is 1.97 bits per heavy atom. The SMILES string of the molecule is O=C(Cc1ccc2c(c1)OCO2)N1CCCC(c2ncncc2-c2ccncc2)C1. The molecule has 3 aromatic rings. The van der Waals surface area contributed by atoms with Gasteiger partial charge < -0.3 is 14.4 Å². The van der Waals surface area contributed by atoms with Gasteiger partial charge in [0.25, 0.3) is 0 Å². The first kappa shape index (κ1) is 18.5. The fraction of sp³-hybridized carbons (Fsp3) is 0.304. The first-order valence-electron chi connectivity index (χ1n) is 10.1. The van der Waals surface area contributed by atoms with Crippen molar-refractivity contribution < 1.29 is 14.3 Å². The lowest BCUT2D eigenvalue weighted by atomic mass is 9.90. The lowest BCUT2D eigenvalue weighted by Gasteiger charge is -2.33. The molecule has 5 rings (SSSR count). The molecule has 1 saturated heterocycles. The number of rotatable bonds is 4. The van der Waals surface area contributed by atoms with E-state index in [1.807, 2.05) is 41.4 Å². The normalized spacial score (nSPS) is 17.7. The van der Waals surface area contributed by atoms with Crippen LogP contribution in [-0.4, -0.2) is 45.6 Å². The standard InChI is InChI=1S/C23H22N4O3/c28-22(11-16-3-4-20-21(10-16)30-15-29-20)27-9-1-2-18(13-27)23-19(12-25-14-26-23)17-5-7-24-8-6-17/h3-8,10,12,14,18H,1-2,9,11,13,15H2. The molecule has 1 aromatic carbocycles. The summed E-state index contributed by atoms with van der Waals surface area (Å²) in [5, 5.41) is 0. The molecule has 1 fully saturated rings. The van der Waals surface area contributed by atoms with Crippen molar-refractivity contribution in [3.63, 3.8) is 0 Å². The van der Waals surface area contributed by atoms with Crippen molar-refractivity contribution in [2.75, 3.05) is 19.9 Å². The number of fused-ring (bicyclic) bond motifs is 1. The van der Waals surface area contributed by atoms with Crippen LogP contribution in [0.15, 0.2) is 55.2 Å². The molecule has 7 nitrogen and oxygen atoms in total. The van der Waals surface area contributed by atoms with E-state index in [9.17, 15) is 4.79 Å². The number of carbonyl (C=O) groups is 1. The fourth-order valence-corrected chi connectivity index (χ4v) is 4.18. The number of amides is 1. The van der Waals surface area contributed by atoms with Crippen molar-refractivity contribution in [2.24, 2.45) is 0 Å². The van der Waals surface area contributed by atoms with Crippen LogP contribution in [0.1, 0.15) is 30.0 Å². The highest BCUT2D eigenvalue weighted by molar-refractivity contribution is 5.79. The zero-order chi connectivity index (χ0) is 20.3. The maximum atomic E-state index is 13.0. The summed E-state index contributed by atoms with van der Waals surface area (Å²) in [6.07, 6.45) is 9.30. The van der Waals surface area contributed by atoms with Crippen molar-refractivity contribution >= 4 is 5.91 Å². The van der Waals surface area contributed by atoms with Gasteiger partial charge in [0.2, 0.25) is 12.7 Å². The van der Waals surface area contributed by atoms with Crippen LogP contribution in [0.3, 0.4) is 0 Å². The number of nitrogens with zero attached hydrogens (tertiary/aromatic N) is 4. The van der Waals surface area contributed by atoms with E-state index in [0.717, 1.165) is 47.5 Å². The molecule has 0 bridgehead atoms. The number of likely N-dealkylation sites (tertiary alicyclic amines) is 1. The van der Waals surface area contributed by atoms with E-state index < -0.39 is 0 Å². The molecule has 0 spiro atoms. The summed E-state index contributed by atoms with van der Waals surface area (Å²) in [6, 6.07) is 9.62. The minimum atomic E-state index is 0.123. The number of carbonyl (C=O) groups excluding carboxylic acids is 1. The Hall–Kier alpha value is -3.48. The Kier molecular flexibility index (Phi) is 5.01. The van der Waals surface area contributed by atoms with Gasteiger partial charge in [0, 0.05) is 43.2 Å². The van der Waals surface area contributed by atoms with E-state index in [1.54, 1.807) is 18.7 Å². The van der Waals surface area contributed by atoms with Crippen LogP contribution in [0.4, 0.5) is 0 Å². The van der Waals surface area contributed by atoms with E-state index in [4.69, 9.17) is 9.47 Å². The molecule has 0 saturated carbocycles. The van der Waals surface area contributed by atoms with Crippen LogP contribution < -0.4 is 9.47 Å². The summed E-state index contributed by atoms with van der Waals surface area (Å²) >= 11 is 0. The molecule has 1 unspecified atom stereocenters. The van der Waals surface area contributed by atoms with Crippen molar-refractivity contribution in [1.29, 1.82) is 0 Å². The number of hydrogen-bond donors (Lipinski definition) is 0. The Labute approximate surface area is 174 Å². The summed E-state index contributed by atoms with van der Waals surface area (Å²) in [4.78, 5) is 27.9. The largest absolute Gasteiger partial charge is 0.454 e. The Balaban J connectivity index is 1.32. The second-order valence-electron chi connectivity index (χ2n) is 7.60. The zero-order valence-corrected chi connectivity index (χ0v) is 16.5. The molecule has 30 heavy (non-hydrogen) atoms. The van der Waals surface area contributed by atoms with E-state index >= 15 is 0 Å². The van der Waals surface area contributed by atoms with E-state index in [2.05, 4.69) is 15.0 Å². The molecule has 4 heterocycles. The summed E-state index contributed by atoms with van der Waals surface area (Å²) in [7, 11) is 0. The number of piperidine rings is 1. The van der Waals surface area contributed by atoms with Gasteiger partial charge in [-0.2, -0.15) is 0 Å². The van der Waals surface area contributed by atoms with Gasteiger partial charge in [0.05, 0.1) is 12.1 Å². The third-order valence-electron chi connectivity index (χ3n) is 5.69. The van der Waals surface area contributed by atoms with Crippen molar-refractivity contribution in [3.8, 4) is 22.6 Å². The number of ether oxygens (including phenoxy) is 2. The van der Waals surface area contributed by atoms with Gasteiger partial charge in [0.15, 0.2) is 11.5 Å². The van der Waals surface area contributed by atoms with Gasteiger partial charge in [-0.15, -0.1) is 0 Å². The van der Waals surface area contributed by atoms with Gasteiger partial charge in [-0.05, 0) is 48.2 Å². The zero-order valence-electron chi connectivity index (χ0n) is 16.5. The lowest BCUT2D eigenvalue weighted by Crippen LogP contribution is -2.40. The topological polar surface area (TPSA) is 77.4 Å². The molecule has 0 N–H and O–H groups in total. The van der Waals surface area contributed by atoms with E-state index in [-0.39, 0.29) is 18.6 Å². The number of hydrogen-bond acceptors (Lipinski definition) is 6. The maximum Gasteiger partial charge on any atom is 0.231 e. The molecule has 152 valence electrons. The quantitative estimate of drug-likeness (QED) is 0.667. The van der Waals surface area contributed by atoms with Gasteiger partial charge in [0.1, 0.15) is 6.33 Å². The first-order valence-corrected chi connectivity index (χ1v) is 10.1. The van der Waals surface area contributed by atoms with Crippen molar-refractivity contribution in [1.82, 2.24) is 19.9 Å². The van der Waals surface area contributed by atoms with Crippen LogP contribution in [0.25, 0.3) is 11.1 Å². The van der Waals surface area contributed by atoms with Crippen LogP contribution >= 0.6 is 0 Å². The molecule has 1 atom stereocenters. The van der Waals surface area contributed by atoms with Crippen LogP contribution in [0, 0.1) is 0 Å².